The van der Waals surface area contributed by atoms with Gasteiger partial charge >= 0.3 is 0 Å². The Bertz CT molecular complexity index is 589. The number of hydrogen-bond donors (Lipinski definition) is 2. The van der Waals surface area contributed by atoms with E-state index in [-0.39, 0.29) is 5.95 Å². The van der Waals surface area contributed by atoms with Crippen LogP contribution in [0.25, 0.3) is 0 Å². The van der Waals surface area contributed by atoms with Gasteiger partial charge in [-0.05, 0) is 37.6 Å². The minimum Gasteiger partial charge on any atom is -0.439 e. The highest BCUT2D eigenvalue weighted by atomic mass is 79.9. The van der Waals surface area contributed by atoms with Crippen LogP contribution >= 0.6 is 15.9 Å². The van der Waals surface area contributed by atoms with E-state index in [1.165, 1.54) is 0 Å². The van der Waals surface area contributed by atoms with E-state index in [0.29, 0.717) is 17.4 Å². The molecule has 2 rings (SSSR count). The van der Waals surface area contributed by atoms with E-state index in [1.807, 2.05) is 32.0 Å². The lowest BCUT2D eigenvalue weighted by Gasteiger charge is -2.09. The fourth-order valence-corrected chi connectivity index (χ4v) is 1.81. The van der Waals surface area contributed by atoms with Gasteiger partial charge in [0.1, 0.15) is 11.6 Å². The molecule has 19 heavy (non-hydrogen) atoms. The Hall–Kier alpha value is -1.82. The number of nitrogens with two attached hydrogens (primary N) is 1. The molecule has 100 valence electrons. The van der Waals surface area contributed by atoms with E-state index in [0.717, 1.165) is 16.6 Å². The first-order valence-electron chi connectivity index (χ1n) is 5.91. The molecule has 3 N–H and O–H groups in total. The molecule has 0 fully saturated rings. The molecular weight excluding hydrogens is 308 g/mol. The summed E-state index contributed by atoms with van der Waals surface area (Å²) in [5.41, 5.74) is 6.74. The normalized spacial score (nSPS) is 10.3. The van der Waals surface area contributed by atoms with Crippen LogP contribution in [0.3, 0.4) is 0 Å². The van der Waals surface area contributed by atoms with Crippen LogP contribution in [0.4, 0.5) is 11.8 Å². The van der Waals surface area contributed by atoms with E-state index < -0.39 is 0 Å². The topological polar surface area (TPSA) is 73.1 Å². The van der Waals surface area contributed by atoms with E-state index in [2.05, 4.69) is 31.2 Å². The second-order valence-corrected chi connectivity index (χ2v) is 4.85. The van der Waals surface area contributed by atoms with Crippen molar-refractivity contribution < 1.29 is 4.74 Å². The molecule has 0 aliphatic rings. The lowest BCUT2D eigenvalue weighted by molar-refractivity contribution is 0.462. The molecule has 2 aromatic rings. The molecule has 0 atom stereocenters. The second-order valence-electron chi connectivity index (χ2n) is 3.99. The summed E-state index contributed by atoms with van der Waals surface area (Å²) in [6, 6.07) is 7.44. The maximum absolute atomic E-state index is 5.69. The Morgan fingerprint density at radius 1 is 1.32 bits per heavy atom. The molecule has 5 nitrogen and oxygen atoms in total. The molecule has 6 heteroatoms. The lowest BCUT2D eigenvalue weighted by Crippen LogP contribution is -2.04. The van der Waals surface area contributed by atoms with Crippen molar-refractivity contribution in [1.82, 2.24) is 9.97 Å². The quantitative estimate of drug-likeness (QED) is 0.903. The summed E-state index contributed by atoms with van der Waals surface area (Å²) in [5.74, 6) is 1.97. The maximum Gasteiger partial charge on any atom is 0.226 e. The van der Waals surface area contributed by atoms with Crippen LogP contribution in [-0.2, 0) is 0 Å². The van der Waals surface area contributed by atoms with Crippen LogP contribution in [-0.4, -0.2) is 16.5 Å². The highest BCUT2D eigenvalue weighted by molar-refractivity contribution is 9.10. The van der Waals surface area contributed by atoms with Crippen LogP contribution in [0.1, 0.15) is 12.5 Å². The number of benzene rings is 1. The van der Waals surface area contributed by atoms with Crippen LogP contribution in [0.5, 0.6) is 11.6 Å². The first-order valence-corrected chi connectivity index (χ1v) is 6.70. The van der Waals surface area contributed by atoms with E-state index in [4.69, 9.17) is 10.5 Å². The molecule has 0 unspecified atom stereocenters. The van der Waals surface area contributed by atoms with Crippen LogP contribution in [0.2, 0.25) is 0 Å². The molecule has 0 bridgehead atoms. The summed E-state index contributed by atoms with van der Waals surface area (Å²) < 4.78 is 6.73. The smallest absolute Gasteiger partial charge is 0.226 e. The van der Waals surface area contributed by atoms with Crippen LogP contribution in [0, 0.1) is 6.92 Å². The summed E-state index contributed by atoms with van der Waals surface area (Å²) in [5, 5.41) is 3.08. The fraction of sp³-hybridized carbons (Fsp3) is 0.231. The van der Waals surface area contributed by atoms with E-state index in [9.17, 15) is 0 Å². The third-order valence-corrected chi connectivity index (χ3v) is 3.32. The fourth-order valence-electron chi connectivity index (χ4n) is 1.57. The van der Waals surface area contributed by atoms with Crippen molar-refractivity contribution in [2.45, 2.75) is 13.8 Å². The van der Waals surface area contributed by atoms with Crippen molar-refractivity contribution in [2.24, 2.45) is 0 Å². The number of rotatable bonds is 4. The standard InChI is InChI=1S/C13H15BrN4O/c1-3-16-11-7-12(18-13(15)17-11)19-9-4-5-10(14)8(2)6-9/h4-7H,3H2,1-2H3,(H3,15,16,17,18). The molecule has 1 heterocycles. The SMILES string of the molecule is CCNc1cc(Oc2ccc(Br)c(C)c2)nc(N)n1. The average molecular weight is 323 g/mol. The molecule has 1 aromatic carbocycles. The Labute approximate surface area is 120 Å². The summed E-state index contributed by atoms with van der Waals surface area (Å²) in [6.45, 7) is 4.74. The third-order valence-electron chi connectivity index (χ3n) is 2.43. The summed E-state index contributed by atoms with van der Waals surface area (Å²) in [6.07, 6.45) is 0. The van der Waals surface area contributed by atoms with Gasteiger partial charge in [0.15, 0.2) is 0 Å². The predicted octanol–water partition coefficient (Wildman–Crippen LogP) is 3.35. The average Bonchev–Trinajstić information content (AvgIpc) is 2.33. The zero-order valence-corrected chi connectivity index (χ0v) is 12.4. The summed E-state index contributed by atoms with van der Waals surface area (Å²) in [4.78, 5) is 8.12. The Morgan fingerprint density at radius 2 is 2.11 bits per heavy atom. The third kappa shape index (κ3) is 3.57. The lowest BCUT2D eigenvalue weighted by atomic mass is 10.2. The number of nitrogens with one attached hydrogen (secondary N) is 1. The number of aromatic nitrogens is 2. The van der Waals surface area contributed by atoms with Gasteiger partial charge in [-0.3, -0.25) is 0 Å². The number of aryl methyl sites for hydroxylation is 1. The minimum absolute atomic E-state index is 0.183. The molecule has 0 aliphatic heterocycles. The largest absolute Gasteiger partial charge is 0.439 e. The van der Waals surface area contributed by atoms with Gasteiger partial charge < -0.3 is 15.8 Å². The van der Waals surface area contributed by atoms with Gasteiger partial charge in [-0.15, -0.1) is 0 Å². The molecule has 0 saturated carbocycles. The van der Waals surface area contributed by atoms with Crippen LogP contribution < -0.4 is 15.8 Å². The predicted molar refractivity (Wildman–Crippen MR) is 79.6 cm³/mol. The first kappa shape index (κ1) is 13.6. The number of nitrogens with zero attached hydrogens (tertiary/aromatic N) is 2. The van der Waals surface area contributed by atoms with Gasteiger partial charge in [0.05, 0.1) is 0 Å². The van der Waals surface area contributed by atoms with Crippen molar-refractivity contribution in [3.05, 3.63) is 34.3 Å². The van der Waals surface area contributed by atoms with Crippen molar-refractivity contribution in [3.8, 4) is 11.6 Å². The zero-order chi connectivity index (χ0) is 13.8. The summed E-state index contributed by atoms with van der Waals surface area (Å²) in [7, 11) is 0. The molecule has 0 radical (unpaired) electrons. The first-order chi connectivity index (χ1) is 9.08. The van der Waals surface area contributed by atoms with Gasteiger partial charge in [-0.25, -0.2) is 0 Å². The van der Waals surface area contributed by atoms with Gasteiger partial charge in [0, 0.05) is 17.1 Å². The minimum atomic E-state index is 0.183. The number of halogens is 1. The molecule has 0 aliphatic carbocycles. The molecule has 0 spiro atoms. The van der Waals surface area contributed by atoms with Gasteiger partial charge in [-0.1, -0.05) is 15.9 Å². The molecule has 1 aromatic heterocycles. The van der Waals surface area contributed by atoms with Gasteiger partial charge in [0.2, 0.25) is 11.8 Å². The maximum atomic E-state index is 5.69. The highest BCUT2D eigenvalue weighted by Gasteiger charge is 2.05. The number of anilines is 2. The van der Waals surface area contributed by atoms with Crippen molar-refractivity contribution in [1.29, 1.82) is 0 Å². The van der Waals surface area contributed by atoms with Crippen molar-refractivity contribution in [2.75, 3.05) is 17.6 Å². The monoisotopic (exact) mass is 322 g/mol. The number of nitrogen functional groups attached to an aromatic ring is 1. The summed E-state index contributed by atoms with van der Waals surface area (Å²) >= 11 is 3.45. The second kappa shape index (κ2) is 5.88. The molecule has 0 saturated heterocycles. The van der Waals surface area contributed by atoms with E-state index in [1.54, 1.807) is 6.07 Å². The number of ether oxygens (including phenoxy) is 1. The zero-order valence-electron chi connectivity index (χ0n) is 10.8. The Balaban J connectivity index is 2.24. The number of hydrogen-bond acceptors (Lipinski definition) is 5. The van der Waals surface area contributed by atoms with Gasteiger partial charge in [-0.2, -0.15) is 9.97 Å². The van der Waals surface area contributed by atoms with E-state index >= 15 is 0 Å². The Kier molecular flexibility index (Phi) is 4.21. The highest BCUT2D eigenvalue weighted by Crippen LogP contribution is 2.26. The molecule has 0 amide bonds. The van der Waals surface area contributed by atoms with Crippen molar-refractivity contribution in [3.63, 3.8) is 0 Å². The Morgan fingerprint density at radius 3 is 2.79 bits per heavy atom. The van der Waals surface area contributed by atoms with Crippen molar-refractivity contribution >= 4 is 27.7 Å². The van der Waals surface area contributed by atoms with Crippen LogP contribution in [0.15, 0.2) is 28.7 Å². The van der Waals surface area contributed by atoms with Gasteiger partial charge in [0.25, 0.3) is 0 Å². The molecular formula is C13H15BrN4O.